The lowest BCUT2D eigenvalue weighted by Crippen LogP contribution is -2.38. The van der Waals surface area contributed by atoms with E-state index in [0.717, 1.165) is 18.5 Å². The fourth-order valence-electron chi connectivity index (χ4n) is 2.90. The summed E-state index contributed by atoms with van der Waals surface area (Å²) in [7, 11) is 0. The highest BCUT2D eigenvalue weighted by atomic mass is 35.5. The fraction of sp³-hybridized carbons (Fsp3) is 0.647. The summed E-state index contributed by atoms with van der Waals surface area (Å²) in [6.45, 7) is 7.68. The summed E-state index contributed by atoms with van der Waals surface area (Å²) in [4.78, 5) is 0. The number of hydrogen-bond acceptors (Lipinski definition) is 1. The normalized spacial score (nSPS) is 12.9. The van der Waals surface area contributed by atoms with E-state index in [9.17, 15) is 0 Å². The molecule has 1 unspecified atom stereocenters. The maximum absolute atomic E-state index is 6.34. The minimum absolute atomic E-state index is 0.482. The van der Waals surface area contributed by atoms with Crippen LogP contribution in [0.4, 0.5) is 0 Å². The second-order valence-corrected chi connectivity index (χ2v) is 6.20. The lowest BCUT2D eigenvalue weighted by molar-refractivity contribution is 0.312. The van der Waals surface area contributed by atoms with E-state index in [1.165, 1.54) is 25.7 Å². The van der Waals surface area contributed by atoms with Crippen LogP contribution >= 0.6 is 23.2 Å². The van der Waals surface area contributed by atoms with E-state index in [1.807, 2.05) is 12.1 Å². The van der Waals surface area contributed by atoms with Gasteiger partial charge in [0, 0.05) is 6.04 Å². The second kappa shape index (κ2) is 9.65. The molecule has 0 bridgehead atoms. The van der Waals surface area contributed by atoms with Crippen molar-refractivity contribution in [1.82, 2.24) is 5.32 Å². The zero-order chi connectivity index (χ0) is 15.0. The molecule has 0 fully saturated rings. The molecule has 0 heterocycles. The summed E-state index contributed by atoms with van der Waals surface area (Å²) < 4.78 is 0. The third-order valence-electron chi connectivity index (χ3n) is 3.83. The van der Waals surface area contributed by atoms with Gasteiger partial charge in [0.2, 0.25) is 0 Å². The van der Waals surface area contributed by atoms with Crippen LogP contribution in [0.25, 0.3) is 0 Å². The van der Waals surface area contributed by atoms with Crippen molar-refractivity contribution in [3.63, 3.8) is 0 Å². The molecule has 0 saturated heterocycles. The van der Waals surface area contributed by atoms with Crippen LogP contribution in [0.5, 0.6) is 0 Å². The van der Waals surface area contributed by atoms with Gasteiger partial charge in [-0.1, -0.05) is 68.9 Å². The highest BCUT2D eigenvalue weighted by molar-refractivity contribution is 6.42. The molecule has 1 aromatic rings. The van der Waals surface area contributed by atoms with E-state index in [-0.39, 0.29) is 0 Å². The van der Waals surface area contributed by atoms with Crippen LogP contribution in [0.15, 0.2) is 18.2 Å². The van der Waals surface area contributed by atoms with E-state index in [2.05, 4.69) is 32.2 Å². The van der Waals surface area contributed by atoms with Crippen molar-refractivity contribution in [2.75, 3.05) is 6.54 Å². The average molecular weight is 316 g/mol. The summed E-state index contributed by atoms with van der Waals surface area (Å²) in [5.74, 6) is 0.708. The third-order valence-corrected chi connectivity index (χ3v) is 4.68. The first kappa shape index (κ1) is 17.8. The molecule has 0 radical (unpaired) electrons. The van der Waals surface area contributed by atoms with Crippen molar-refractivity contribution >= 4 is 23.2 Å². The molecular weight excluding hydrogens is 289 g/mol. The monoisotopic (exact) mass is 315 g/mol. The highest BCUT2D eigenvalue weighted by Crippen LogP contribution is 2.29. The number of likely N-dealkylation sites (N-methyl/N-ethyl adjacent to an activating group) is 1. The van der Waals surface area contributed by atoms with Gasteiger partial charge in [-0.25, -0.2) is 0 Å². The Morgan fingerprint density at radius 1 is 1.05 bits per heavy atom. The van der Waals surface area contributed by atoms with E-state index in [4.69, 9.17) is 23.2 Å². The van der Waals surface area contributed by atoms with Gasteiger partial charge in [-0.3, -0.25) is 0 Å². The SMILES string of the molecule is CCCC(CCC)C(Cc1cccc(Cl)c1Cl)NCC. The summed E-state index contributed by atoms with van der Waals surface area (Å²) in [6, 6.07) is 6.41. The van der Waals surface area contributed by atoms with Gasteiger partial charge in [-0.05, 0) is 43.4 Å². The number of nitrogens with one attached hydrogen (secondary N) is 1. The Bertz CT molecular complexity index is 387. The first-order valence-electron chi connectivity index (χ1n) is 7.80. The molecule has 1 atom stereocenters. The van der Waals surface area contributed by atoms with Crippen molar-refractivity contribution in [2.24, 2.45) is 5.92 Å². The minimum atomic E-state index is 0.482. The van der Waals surface area contributed by atoms with Crippen molar-refractivity contribution in [3.05, 3.63) is 33.8 Å². The standard InChI is InChI=1S/C17H27Cl2N/c1-4-8-13(9-5-2)16(20-6-3)12-14-10-7-11-15(18)17(14)19/h7,10-11,13,16,20H,4-6,8-9,12H2,1-3H3. The first-order valence-corrected chi connectivity index (χ1v) is 8.55. The van der Waals surface area contributed by atoms with Gasteiger partial charge in [0.15, 0.2) is 0 Å². The van der Waals surface area contributed by atoms with Crippen LogP contribution < -0.4 is 5.32 Å². The molecular formula is C17H27Cl2N. The lowest BCUT2D eigenvalue weighted by atomic mass is 9.86. The zero-order valence-electron chi connectivity index (χ0n) is 12.9. The molecule has 1 aromatic carbocycles. The fourth-order valence-corrected chi connectivity index (χ4v) is 3.30. The maximum Gasteiger partial charge on any atom is 0.0624 e. The smallest absolute Gasteiger partial charge is 0.0624 e. The van der Waals surface area contributed by atoms with E-state index < -0.39 is 0 Å². The Hall–Kier alpha value is -0.240. The molecule has 0 aliphatic heterocycles. The maximum atomic E-state index is 6.34. The van der Waals surface area contributed by atoms with E-state index in [1.54, 1.807) is 0 Å². The molecule has 1 nitrogen and oxygen atoms in total. The third kappa shape index (κ3) is 5.27. The van der Waals surface area contributed by atoms with Gasteiger partial charge in [-0.15, -0.1) is 0 Å². The van der Waals surface area contributed by atoms with Crippen LogP contribution in [0.1, 0.15) is 52.0 Å². The lowest BCUT2D eigenvalue weighted by Gasteiger charge is -2.28. The minimum Gasteiger partial charge on any atom is -0.314 e. The van der Waals surface area contributed by atoms with Gasteiger partial charge in [0.05, 0.1) is 10.0 Å². The summed E-state index contributed by atoms with van der Waals surface area (Å²) in [5.41, 5.74) is 1.15. The van der Waals surface area contributed by atoms with Crippen molar-refractivity contribution < 1.29 is 0 Å². The number of halogens is 2. The van der Waals surface area contributed by atoms with Crippen molar-refractivity contribution in [3.8, 4) is 0 Å². The number of hydrogen-bond donors (Lipinski definition) is 1. The first-order chi connectivity index (χ1) is 9.63. The summed E-state index contributed by atoms with van der Waals surface area (Å²) in [5, 5.41) is 5.01. The van der Waals surface area contributed by atoms with E-state index in [0.29, 0.717) is 22.0 Å². The highest BCUT2D eigenvalue weighted by Gasteiger charge is 2.21. The molecule has 0 aliphatic carbocycles. The number of benzene rings is 1. The Labute approximate surface area is 134 Å². The van der Waals surface area contributed by atoms with Gasteiger partial charge >= 0.3 is 0 Å². The molecule has 0 spiro atoms. The largest absolute Gasteiger partial charge is 0.314 e. The molecule has 0 aromatic heterocycles. The predicted molar refractivity (Wildman–Crippen MR) is 90.9 cm³/mol. The molecule has 1 rings (SSSR count). The Morgan fingerprint density at radius 3 is 2.25 bits per heavy atom. The Morgan fingerprint density at radius 2 is 1.70 bits per heavy atom. The molecule has 3 heteroatoms. The van der Waals surface area contributed by atoms with Crippen LogP contribution in [0.2, 0.25) is 10.0 Å². The van der Waals surface area contributed by atoms with Crippen LogP contribution in [-0.4, -0.2) is 12.6 Å². The Kier molecular flexibility index (Phi) is 8.60. The predicted octanol–water partition coefficient (Wildman–Crippen LogP) is 5.73. The van der Waals surface area contributed by atoms with Crippen LogP contribution in [-0.2, 0) is 6.42 Å². The molecule has 114 valence electrons. The molecule has 20 heavy (non-hydrogen) atoms. The van der Waals surface area contributed by atoms with Gasteiger partial charge in [0.1, 0.15) is 0 Å². The van der Waals surface area contributed by atoms with Crippen molar-refractivity contribution in [1.29, 1.82) is 0 Å². The zero-order valence-corrected chi connectivity index (χ0v) is 14.4. The molecule has 0 amide bonds. The molecule has 1 N–H and O–H groups in total. The second-order valence-electron chi connectivity index (χ2n) is 5.42. The van der Waals surface area contributed by atoms with Gasteiger partial charge < -0.3 is 5.32 Å². The van der Waals surface area contributed by atoms with Crippen LogP contribution in [0.3, 0.4) is 0 Å². The van der Waals surface area contributed by atoms with Crippen molar-refractivity contribution in [2.45, 2.75) is 58.9 Å². The molecule has 0 saturated carbocycles. The Balaban J connectivity index is 2.86. The summed E-state index contributed by atoms with van der Waals surface area (Å²) >= 11 is 12.5. The molecule has 0 aliphatic rings. The topological polar surface area (TPSA) is 12.0 Å². The van der Waals surface area contributed by atoms with Crippen LogP contribution in [0, 0.1) is 5.92 Å². The van der Waals surface area contributed by atoms with Gasteiger partial charge in [0.25, 0.3) is 0 Å². The summed E-state index contributed by atoms with van der Waals surface area (Å²) in [6.07, 6.45) is 5.96. The quantitative estimate of drug-likeness (QED) is 0.613. The number of rotatable bonds is 9. The average Bonchev–Trinajstić information content (AvgIpc) is 2.43. The van der Waals surface area contributed by atoms with Gasteiger partial charge in [-0.2, -0.15) is 0 Å². The van der Waals surface area contributed by atoms with E-state index >= 15 is 0 Å².